The molecular weight excluding hydrogens is 330 g/mol. The van der Waals surface area contributed by atoms with Crippen LogP contribution in [-0.4, -0.2) is 26.4 Å². The summed E-state index contributed by atoms with van der Waals surface area (Å²) in [5, 5.41) is 3.39. The smallest absolute Gasteiger partial charge is 0.138 e. The summed E-state index contributed by atoms with van der Waals surface area (Å²) in [5.74, 6) is 1.85. The maximum Gasteiger partial charge on any atom is 0.138 e. The molecular formula is C17H26BrNO2. The molecule has 2 rings (SSSR count). The Labute approximate surface area is 136 Å². The third kappa shape index (κ3) is 5.28. The number of methoxy groups -OCH3 is 1. The second kappa shape index (κ2) is 8.76. The van der Waals surface area contributed by atoms with Crippen LogP contribution >= 0.6 is 15.9 Å². The Hall–Kier alpha value is -0.580. The average molecular weight is 356 g/mol. The molecule has 1 fully saturated rings. The summed E-state index contributed by atoms with van der Waals surface area (Å²) < 4.78 is 12.4. The summed E-state index contributed by atoms with van der Waals surface area (Å²) in [7, 11) is 1.72. The van der Waals surface area contributed by atoms with Gasteiger partial charge in [0, 0.05) is 25.8 Å². The van der Waals surface area contributed by atoms with E-state index in [4.69, 9.17) is 9.47 Å². The van der Waals surface area contributed by atoms with Crippen molar-refractivity contribution in [2.45, 2.75) is 45.3 Å². The first kappa shape index (κ1) is 16.8. The van der Waals surface area contributed by atoms with E-state index < -0.39 is 0 Å². The molecule has 1 aliphatic rings. The van der Waals surface area contributed by atoms with Crippen LogP contribution in [0.4, 0.5) is 0 Å². The standard InChI is InChI=1S/C17H26BrNO2/c1-13-6-8-15(9-7-13)21-17-14(4-3-5-16(17)18)12-19-10-11-20-2/h3-5,13,15,19H,6-12H2,1-2H3. The van der Waals surface area contributed by atoms with E-state index in [2.05, 4.69) is 46.4 Å². The fraction of sp³-hybridized carbons (Fsp3) is 0.647. The van der Waals surface area contributed by atoms with Crippen molar-refractivity contribution in [3.05, 3.63) is 28.2 Å². The number of ether oxygens (including phenoxy) is 2. The van der Waals surface area contributed by atoms with Gasteiger partial charge in [-0.15, -0.1) is 0 Å². The van der Waals surface area contributed by atoms with Gasteiger partial charge in [-0.3, -0.25) is 0 Å². The molecule has 0 radical (unpaired) electrons. The molecule has 1 N–H and O–H groups in total. The van der Waals surface area contributed by atoms with Gasteiger partial charge in [0.05, 0.1) is 17.2 Å². The fourth-order valence-corrected chi connectivity index (χ4v) is 3.24. The molecule has 0 aliphatic heterocycles. The lowest BCUT2D eigenvalue weighted by molar-refractivity contribution is 0.133. The zero-order valence-corrected chi connectivity index (χ0v) is 14.6. The van der Waals surface area contributed by atoms with E-state index in [9.17, 15) is 0 Å². The number of para-hydroxylation sites is 1. The Balaban J connectivity index is 1.96. The van der Waals surface area contributed by atoms with Crippen LogP contribution in [0.2, 0.25) is 0 Å². The first-order valence-electron chi connectivity index (χ1n) is 7.84. The van der Waals surface area contributed by atoms with E-state index in [0.29, 0.717) is 6.10 Å². The maximum atomic E-state index is 6.30. The first-order chi connectivity index (χ1) is 10.2. The molecule has 0 unspecified atom stereocenters. The van der Waals surface area contributed by atoms with Gasteiger partial charge >= 0.3 is 0 Å². The quantitative estimate of drug-likeness (QED) is 0.745. The van der Waals surface area contributed by atoms with Crippen LogP contribution < -0.4 is 10.1 Å². The number of nitrogens with one attached hydrogen (secondary N) is 1. The number of hydrogen-bond acceptors (Lipinski definition) is 3. The Morgan fingerprint density at radius 1 is 1.24 bits per heavy atom. The van der Waals surface area contributed by atoms with E-state index in [-0.39, 0.29) is 0 Å². The topological polar surface area (TPSA) is 30.5 Å². The average Bonchev–Trinajstić information content (AvgIpc) is 2.49. The van der Waals surface area contributed by atoms with Crippen molar-refractivity contribution in [2.75, 3.05) is 20.3 Å². The number of halogens is 1. The highest BCUT2D eigenvalue weighted by Crippen LogP contribution is 2.33. The fourth-order valence-electron chi connectivity index (χ4n) is 2.74. The van der Waals surface area contributed by atoms with Gasteiger partial charge in [0.25, 0.3) is 0 Å². The molecule has 118 valence electrons. The monoisotopic (exact) mass is 355 g/mol. The van der Waals surface area contributed by atoms with E-state index in [1.54, 1.807) is 7.11 Å². The van der Waals surface area contributed by atoms with Crippen molar-refractivity contribution in [2.24, 2.45) is 5.92 Å². The highest BCUT2D eigenvalue weighted by molar-refractivity contribution is 9.10. The summed E-state index contributed by atoms with van der Waals surface area (Å²) in [6.07, 6.45) is 5.24. The Kier molecular flexibility index (Phi) is 7.00. The van der Waals surface area contributed by atoms with Gasteiger partial charge < -0.3 is 14.8 Å². The molecule has 0 saturated heterocycles. The Morgan fingerprint density at radius 3 is 2.71 bits per heavy atom. The minimum Gasteiger partial charge on any atom is -0.489 e. The van der Waals surface area contributed by atoms with E-state index in [1.807, 2.05) is 0 Å². The minimum absolute atomic E-state index is 0.359. The molecule has 21 heavy (non-hydrogen) atoms. The van der Waals surface area contributed by atoms with Gasteiger partial charge in [-0.1, -0.05) is 19.1 Å². The second-order valence-electron chi connectivity index (χ2n) is 5.90. The van der Waals surface area contributed by atoms with Crippen LogP contribution in [0.15, 0.2) is 22.7 Å². The second-order valence-corrected chi connectivity index (χ2v) is 6.75. The molecule has 1 saturated carbocycles. The van der Waals surface area contributed by atoms with Gasteiger partial charge in [-0.25, -0.2) is 0 Å². The van der Waals surface area contributed by atoms with Crippen LogP contribution in [0.5, 0.6) is 5.75 Å². The van der Waals surface area contributed by atoms with E-state index in [0.717, 1.165) is 35.8 Å². The van der Waals surface area contributed by atoms with Crippen molar-refractivity contribution in [1.29, 1.82) is 0 Å². The van der Waals surface area contributed by atoms with Gasteiger partial charge in [-0.2, -0.15) is 0 Å². The molecule has 0 atom stereocenters. The van der Waals surface area contributed by atoms with Crippen molar-refractivity contribution in [1.82, 2.24) is 5.32 Å². The Bertz CT molecular complexity index is 431. The lowest BCUT2D eigenvalue weighted by Gasteiger charge is -2.28. The largest absolute Gasteiger partial charge is 0.489 e. The van der Waals surface area contributed by atoms with Crippen LogP contribution in [0.25, 0.3) is 0 Å². The van der Waals surface area contributed by atoms with Crippen molar-refractivity contribution >= 4 is 15.9 Å². The molecule has 0 aromatic heterocycles. The van der Waals surface area contributed by atoms with Crippen LogP contribution in [-0.2, 0) is 11.3 Å². The molecule has 1 aromatic carbocycles. The predicted octanol–water partition coefficient (Wildman–Crippen LogP) is 4.14. The van der Waals surface area contributed by atoms with E-state index in [1.165, 1.54) is 31.2 Å². The summed E-state index contributed by atoms with van der Waals surface area (Å²) in [4.78, 5) is 0. The highest BCUT2D eigenvalue weighted by atomic mass is 79.9. The lowest BCUT2D eigenvalue weighted by Crippen LogP contribution is -2.24. The first-order valence-corrected chi connectivity index (χ1v) is 8.63. The van der Waals surface area contributed by atoms with Crippen molar-refractivity contribution in [3.8, 4) is 5.75 Å². The van der Waals surface area contributed by atoms with Crippen LogP contribution in [0.3, 0.4) is 0 Å². The zero-order valence-electron chi connectivity index (χ0n) is 13.0. The van der Waals surface area contributed by atoms with Crippen molar-refractivity contribution < 1.29 is 9.47 Å². The summed E-state index contributed by atoms with van der Waals surface area (Å²) in [6, 6.07) is 6.25. The summed E-state index contributed by atoms with van der Waals surface area (Å²) >= 11 is 3.63. The molecule has 0 spiro atoms. The predicted molar refractivity (Wildman–Crippen MR) is 89.8 cm³/mol. The van der Waals surface area contributed by atoms with Crippen LogP contribution in [0, 0.1) is 5.92 Å². The zero-order chi connectivity index (χ0) is 15.1. The molecule has 4 heteroatoms. The molecule has 1 aliphatic carbocycles. The summed E-state index contributed by atoms with van der Waals surface area (Å²) in [5.41, 5.74) is 1.21. The van der Waals surface area contributed by atoms with Gasteiger partial charge in [0.2, 0.25) is 0 Å². The molecule has 0 heterocycles. The number of hydrogen-bond donors (Lipinski definition) is 1. The minimum atomic E-state index is 0.359. The Morgan fingerprint density at radius 2 is 2.00 bits per heavy atom. The van der Waals surface area contributed by atoms with Gasteiger partial charge in [0.15, 0.2) is 0 Å². The van der Waals surface area contributed by atoms with Crippen molar-refractivity contribution in [3.63, 3.8) is 0 Å². The highest BCUT2D eigenvalue weighted by Gasteiger charge is 2.21. The third-order valence-corrected chi connectivity index (χ3v) is 4.72. The third-order valence-electron chi connectivity index (χ3n) is 4.09. The molecule has 3 nitrogen and oxygen atoms in total. The normalized spacial score (nSPS) is 22.2. The van der Waals surface area contributed by atoms with Crippen LogP contribution in [0.1, 0.15) is 38.2 Å². The lowest BCUT2D eigenvalue weighted by atomic mass is 9.89. The molecule has 0 amide bonds. The SMILES string of the molecule is COCCNCc1cccc(Br)c1OC1CCC(C)CC1. The maximum absolute atomic E-state index is 6.30. The number of benzene rings is 1. The van der Waals surface area contributed by atoms with E-state index >= 15 is 0 Å². The summed E-state index contributed by atoms with van der Waals surface area (Å²) in [6.45, 7) is 4.72. The number of rotatable bonds is 7. The van der Waals surface area contributed by atoms with Gasteiger partial charge in [-0.05, 0) is 53.6 Å². The molecule has 1 aromatic rings. The molecule has 0 bridgehead atoms. The van der Waals surface area contributed by atoms with Gasteiger partial charge in [0.1, 0.15) is 5.75 Å².